The molecule has 3 heteroatoms. The quantitative estimate of drug-likeness (QED) is 0.626. The Morgan fingerprint density at radius 3 is 2.44 bits per heavy atom. The molecule has 0 amide bonds. The molecular weight excluding hydrogens is 202 g/mol. The highest BCUT2D eigenvalue weighted by atomic mass is 16.5. The predicted molar refractivity (Wildman–Crippen MR) is 65.3 cm³/mol. The Bertz CT molecular complexity index is 224. The lowest BCUT2D eigenvalue weighted by molar-refractivity contribution is -0.149. The maximum absolute atomic E-state index is 11.7. The zero-order valence-electron chi connectivity index (χ0n) is 11.0. The first-order valence-corrected chi connectivity index (χ1v) is 6.48. The summed E-state index contributed by atoms with van der Waals surface area (Å²) >= 11 is 0. The second-order valence-corrected chi connectivity index (χ2v) is 5.08. The van der Waals surface area contributed by atoms with Gasteiger partial charge in [0.05, 0.1) is 6.61 Å². The number of carbonyl (C=O) groups is 1. The zero-order chi connectivity index (χ0) is 12.1. The summed E-state index contributed by atoms with van der Waals surface area (Å²) in [7, 11) is 0. The third-order valence-corrected chi connectivity index (χ3v) is 3.11. The molecule has 1 unspecified atom stereocenters. The van der Waals surface area contributed by atoms with Gasteiger partial charge in [0.2, 0.25) is 0 Å². The molecule has 0 aromatic carbocycles. The van der Waals surface area contributed by atoms with E-state index in [2.05, 4.69) is 18.7 Å². The molecule has 0 radical (unpaired) electrons. The van der Waals surface area contributed by atoms with Crippen molar-refractivity contribution in [3.05, 3.63) is 0 Å². The van der Waals surface area contributed by atoms with Crippen LogP contribution in [0.5, 0.6) is 0 Å². The van der Waals surface area contributed by atoms with Crippen molar-refractivity contribution in [3.8, 4) is 0 Å². The summed E-state index contributed by atoms with van der Waals surface area (Å²) in [5.41, 5.74) is 0. The minimum absolute atomic E-state index is 0.0712. The lowest BCUT2D eigenvalue weighted by Gasteiger charge is -2.28. The van der Waals surface area contributed by atoms with Gasteiger partial charge in [0.1, 0.15) is 6.04 Å². The first-order valence-electron chi connectivity index (χ1n) is 6.48. The Kier molecular flexibility index (Phi) is 5.26. The average Bonchev–Trinajstić information content (AvgIpc) is 3.01. The molecule has 0 aliphatic heterocycles. The normalized spacial score (nSPS) is 17.9. The molecule has 0 spiro atoms. The van der Waals surface area contributed by atoms with Gasteiger partial charge in [0, 0.05) is 6.04 Å². The number of carbonyl (C=O) groups excluding carboxylic acids is 1. The molecule has 1 saturated carbocycles. The first-order chi connectivity index (χ1) is 7.56. The number of hydrogen-bond donors (Lipinski definition) is 0. The van der Waals surface area contributed by atoms with E-state index in [0.717, 1.165) is 13.0 Å². The van der Waals surface area contributed by atoms with Crippen LogP contribution in [0.1, 0.15) is 47.0 Å². The van der Waals surface area contributed by atoms with E-state index in [1.165, 1.54) is 12.8 Å². The molecule has 1 rings (SSSR count). The summed E-state index contributed by atoms with van der Waals surface area (Å²) in [6.07, 6.45) is 3.63. The van der Waals surface area contributed by atoms with Crippen molar-refractivity contribution in [2.45, 2.75) is 59.0 Å². The smallest absolute Gasteiger partial charge is 0.323 e. The Morgan fingerprint density at radius 2 is 2.00 bits per heavy atom. The molecule has 16 heavy (non-hydrogen) atoms. The van der Waals surface area contributed by atoms with Crippen LogP contribution in [0.3, 0.4) is 0 Å². The lowest BCUT2D eigenvalue weighted by Crippen LogP contribution is -2.42. The molecule has 3 nitrogen and oxygen atoms in total. The summed E-state index contributed by atoms with van der Waals surface area (Å²) in [6, 6.07) is 0.546. The molecule has 0 saturated heterocycles. The number of esters is 1. The van der Waals surface area contributed by atoms with Crippen LogP contribution in [0, 0.1) is 5.92 Å². The zero-order valence-corrected chi connectivity index (χ0v) is 11.0. The maximum atomic E-state index is 11.7. The number of hydrogen-bond acceptors (Lipinski definition) is 3. The maximum Gasteiger partial charge on any atom is 0.323 e. The van der Waals surface area contributed by atoms with Crippen molar-refractivity contribution in [2.75, 3.05) is 13.2 Å². The van der Waals surface area contributed by atoms with E-state index in [4.69, 9.17) is 4.74 Å². The van der Waals surface area contributed by atoms with Gasteiger partial charge in [0.25, 0.3) is 0 Å². The van der Waals surface area contributed by atoms with Crippen LogP contribution in [-0.4, -0.2) is 36.1 Å². The Labute approximate surface area is 99.1 Å². The Hall–Kier alpha value is -0.570. The van der Waals surface area contributed by atoms with Gasteiger partial charge in [-0.25, -0.2) is 0 Å². The molecule has 94 valence electrons. The van der Waals surface area contributed by atoms with Crippen LogP contribution in [0.4, 0.5) is 0 Å². The fourth-order valence-electron chi connectivity index (χ4n) is 1.90. The van der Waals surface area contributed by atoms with E-state index < -0.39 is 0 Å². The van der Waals surface area contributed by atoms with Crippen molar-refractivity contribution < 1.29 is 9.53 Å². The fraction of sp³-hybridized carbons (Fsp3) is 0.923. The monoisotopic (exact) mass is 227 g/mol. The number of ether oxygens (including phenoxy) is 1. The minimum atomic E-state index is -0.0776. The molecule has 0 bridgehead atoms. The molecule has 0 N–H and O–H groups in total. The predicted octanol–water partition coefficient (Wildman–Crippen LogP) is 2.45. The fourth-order valence-corrected chi connectivity index (χ4v) is 1.90. The minimum Gasteiger partial charge on any atom is -0.465 e. The van der Waals surface area contributed by atoms with Crippen LogP contribution in [0.15, 0.2) is 0 Å². The van der Waals surface area contributed by atoms with Gasteiger partial charge >= 0.3 is 5.97 Å². The largest absolute Gasteiger partial charge is 0.465 e. The van der Waals surface area contributed by atoms with Gasteiger partial charge in [-0.2, -0.15) is 0 Å². The van der Waals surface area contributed by atoms with Crippen LogP contribution < -0.4 is 0 Å². The summed E-state index contributed by atoms with van der Waals surface area (Å²) in [5, 5.41) is 0. The molecule has 1 atom stereocenters. The second kappa shape index (κ2) is 6.24. The molecule has 0 aromatic heterocycles. The molecular formula is C13H25NO2. The van der Waals surface area contributed by atoms with Gasteiger partial charge in [-0.3, -0.25) is 9.69 Å². The van der Waals surface area contributed by atoms with Crippen molar-refractivity contribution in [1.29, 1.82) is 0 Å². The SMILES string of the molecule is CCOC(=O)C(C)N(CCC(C)C)C1CC1. The van der Waals surface area contributed by atoms with E-state index in [-0.39, 0.29) is 12.0 Å². The van der Waals surface area contributed by atoms with Crippen LogP contribution >= 0.6 is 0 Å². The molecule has 1 fully saturated rings. The van der Waals surface area contributed by atoms with Gasteiger partial charge in [-0.1, -0.05) is 13.8 Å². The first kappa shape index (κ1) is 13.5. The molecule has 1 aliphatic rings. The van der Waals surface area contributed by atoms with Crippen molar-refractivity contribution >= 4 is 5.97 Å². The van der Waals surface area contributed by atoms with E-state index in [9.17, 15) is 4.79 Å². The highest BCUT2D eigenvalue weighted by Crippen LogP contribution is 2.29. The summed E-state index contributed by atoms with van der Waals surface area (Å²) in [4.78, 5) is 14.0. The van der Waals surface area contributed by atoms with E-state index in [1.54, 1.807) is 0 Å². The van der Waals surface area contributed by atoms with E-state index in [1.807, 2.05) is 13.8 Å². The summed E-state index contributed by atoms with van der Waals surface area (Å²) in [5.74, 6) is 0.619. The highest BCUT2D eigenvalue weighted by Gasteiger charge is 2.35. The van der Waals surface area contributed by atoms with E-state index >= 15 is 0 Å². The molecule has 1 aliphatic carbocycles. The molecule has 0 heterocycles. The highest BCUT2D eigenvalue weighted by molar-refractivity contribution is 5.75. The van der Waals surface area contributed by atoms with Gasteiger partial charge in [-0.05, 0) is 45.6 Å². The van der Waals surface area contributed by atoms with Crippen LogP contribution in [0.2, 0.25) is 0 Å². The summed E-state index contributed by atoms with van der Waals surface area (Å²) in [6.45, 7) is 9.77. The van der Waals surface area contributed by atoms with Crippen LogP contribution in [-0.2, 0) is 9.53 Å². The van der Waals surface area contributed by atoms with Crippen molar-refractivity contribution in [1.82, 2.24) is 4.90 Å². The van der Waals surface area contributed by atoms with Gasteiger partial charge < -0.3 is 4.74 Å². The number of nitrogens with zero attached hydrogens (tertiary/aromatic N) is 1. The molecule has 0 aromatic rings. The third kappa shape index (κ3) is 4.12. The Balaban J connectivity index is 2.45. The standard InChI is InChI=1S/C13H25NO2/c1-5-16-13(15)11(4)14(12-6-7-12)9-8-10(2)3/h10-12H,5-9H2,1-4H3. The van der Waals surface area contributed by atoms with Gasteiger partial charge in [-0.15, -0.1) is 0 Å². The lowest BCUT2D eigenvalue weighted by atomic mass is 10.1. The number of rotatable bonds is 7. The second-order valence-electron chi connectivity index (χ2n) is 5.08. The van der Waals surface area contributed by atoms with Crippen molar-refractivity contribution in [2.24, 2.45) is 5.92 Å². The topological polar surface area (TPSA) is 29.5 Å². The van der Waals surface area contributed by atoms with Gasteiger partial charge in [0.15, 0.2) is 0 Å². The van der Waals surface area contributed by atoms with E-state index in [0.29, 0.717) is 18.6 Å². The summed E-state index contributed by atoms with van der Waals surface area (Å²) < 4.78 is 5.09. The Morgan fingerprint density at radius 1 is 1.38 bits per heavy atom. The third-order valence-electron chi connectivity index (χ3n) is 3.11. The average molecular weight is 227 g/mol. The van der Waals surface area contributed by atoms with Crippen LogP contribution in [0.25, 0.3) is 0 Å². The van der Waals surface area contributed by atoms with Crippen molar-refractivity contribution in [3.63, 3.8) is 0 Å².